The topological polar surface area (TPSA) is 58.1 Å². The highest BCUT2D eigenvalue weighted by atomic mass is 32.1. The first-order valence-corrected chi connectivity index (χ1v) is 7.50. The highest BCUT2D eigenvalue weighted by molar-refractivity contribution is 7.09. The van der Waals surface area contributed by atoms with Gasteiger partial charge in [0.05, 0.1) is 0 Å². The van der Waals surface area contributed by atoms with Crippen molar-refractivity contribution in [3.63, 3.8) is 0 Å². The number of nitrogens with zero attached hydrogens (tertiary/aromatic N) is 3. The third kappa shape index (κ3) is 3.78. The third-order valence-corrected chi connectivity index (χ3v) is 3.68. The molecule has 1 amide bonds. The quantitative estimate of drug-likeness (QED) is 0.942. The van der Waals surface area contributed by atoms with Gasteiger partial charge in [0.15, 0.2) is 0 Å². The Kier molecular flexibility index (Phi) is 4.27. The average molecular weight is 304 g/mol. The molecular formula is C15H20N4OS. The first kappa shape index (κ1) is 15.4. The van der Waals surface area contributed by atoms with Crippen molar-refractivity contribution in [1.82, 2.24) is 9.36 Å². The molecule has 0 saturated carbocycles. The molecule has 112 valence electrons. The molecule has 0 fully saturated rings. The Morgan fingerprint density at radius 3 is 2.62 bits per heavy atom. The first-order chi connectivity index (χ1) is 9.77. The molecule has 6 heteroatoms. The summed E-state index contributed by atoms with van der Waals surface area (Å²) in [7, 11) is 1.75. The zero-order valence-corrected chi connectivity index (χ0v) is 13.8. The van der Waals surface area contributed by atoms with E-state index in [2.05, 4.69) is 35.4 Å². The fraction of sp³-hybridized carbons (Fsp3) is 0.400. The van der Waals surface area contributed by atoms with Gasteiger partial charge >= 0.3 is 0 Å². The molecule has 1 aromatic heterocycles. The minimum atomic E-state index is -0.0624. The van der Waals surface area contributed by atoms with E-state index >= 15 is 0 Å². The van der Waals surface area contributed by atoms with E-state index < -0.39 is 0 Å². The SMILES string of the molecule is CC(=O)N(C)c1cccc(Nc2nc(C(C)(C)C)ns2)c1. The molecule has 1 aromatic carbocycles. The van der Waals surface area contributed by atoms with E-state index in [0.717, 1.165) is 22.3 Å². The number of amides is 1. The molecule has 0 saturated heterocycles. The molecule has 5 nitrogen and oxygen atoms in total. The highest BCUT2D eigenvalue weighted by Gasteiger charge is 2.19. The van der Waals surface area contributed by atoms with E-state index in [1.165, 1.54) is 11.5 Å². The Hall–Kier alpha value is -1.95. The molecule has 0 radical (unpaired) electrons. The standard InChI is InChI=1S/C15H20N4OS/c1-10(20)19(5)12-8-6-7-11(9-12)16-14-17-13(18-21-14)15(2,3)4/h6-9H,1-5H3,(H,16,17,18). The number of aromatic nitrogens is 2. The summed E-state index contributed by atoms with van der Waals surface area (Å²) in [6.07, 6.45) is 0. The number of nitrogens with one attached hydrogen (secondary N) is 1. The maximum atomic E-state index is 11.4. The zero-order chi connectivity index (χ0) is 15.6. The van der Waals surface area contributed by atoms with Gasteiger partial charge in [-0.2, -0.15) is 4.37 Å². The summed E-state index contributed by atoms with van der Waals surface area (Å²) in [6, 6.07) is 7.66. The molecule has 2 aromatic rings. The monoisotopic (exact) mass is 304 g/mol. The minimum Gasteiger partial charge on any atom is -0.330 e. The predicted octanol–water partition coefficient (Wildman–Crippen LogP) is 3.56. The van der Waals surface area contributed by atoms with Crippen LogP contribution in [0, 0.1) is 0 Å². The van der Waals surface area contributed by atoms with Crippen molar-refractivity contribution in [3.05, 3.63) is 30.1 Å². The molecule has 0 atom stereocenters. The van der Waals surface area contributed by atoms with Gasteiger partial charge in [-0.1, -0.05) is 26.8 Å². The summed E-state index contributed by atoms with van der Waals surface area (Å²) in [4.78, 5) is 17.5. The highest BCUT2D eigenvalue weighted by Crippen LogP contribution is 2.26. The first-order valence-electron chi connectivity index (χ1n) is 6.73. The number of carbonyl (C=O) groups is 1. The molecule has 0 aliphatic rings. The fourth-order valence-corrected chi connectivity index (χ4v) is 2.45. The van der Waals surface area contributed by atoms with Crippen molar-refractivity contribution in [2.45, 2.75) is 33.1 Å². The lowest BCUT2D eigenvalue weighted by atomic mass is 9.96. The molecule has 0 aliphatic heterocycles. The molecule has 0 bridgehead atoms. The van der Waals surface area contributed by atoms with Crippen LogP contribution in [-0.2, 0) is 10.2 Å². The van der Waals surface area contributed by atoms with Gasteiger partial charge in [0.2, 0.25) is 11.0 Å². The van der Waals surface area contributed by atoms with Crippen LogP contribution in [0.3, 0.4) is 0 Å². The maximum Gasteiger partial charge on any atom is 0.223 e. The summed E-state index contributed by atoms with van der Waals surface area (Å²) in [6.45, 7) is 7.80. The van der Waals surface area contributed by atoms with Gasteiger partial charge in [0.25, 0.3) is 0 Å². The number of benzene rings is 1. The van der Waals surface area contributed by atoms with E-state index in [-0.39, 0.29) is 11.3 Å². The Labute approximate surface area is 129 Å². The van der Waals surface area contributed by atoms with Crippen molar-refractivity contribution < 1.29 is 4.79 Å². The molecular weight excluding hydrogens is 284 g/mol. The van der Waals surface area contributed by atoms with Crippen LogP contribution in [0.2, 0.25) is 0 Å². The van der Waals surface area contributed by atoms with Crippen molar-refractivity contribution in [3.8, 4) is 0 Å². The van der Waals surface area contributed by atoms with Gasteiger partial charge in [0, 0.05) is 42.3 Å². The second-order valence-corrected chi connectivity index (χ2v) is 6.68. The lowest BCUT2D eigenvalue weighted by Crippen LogP contribution is -2.22. The smallest absolute Gasteiger partial charge is 0.223 e. The summed E-state index contributed by atoms with van der Waals surface area (Å²) in [5, 5.41) is 3.99. The van der Waals surface area contributed by atoms with E-state index in [4.69, 9.17) is 0 Å². The van der Waals surface area contributed by atoms with Crippen LogP contribution in [0.5, 0.6) is 0 Å². The average Bonchev–Trinajstić information content (AvgIpc) is 2.86. The van der Waals surface area contributed by atoms with E-state index in [1.54, 1.807) is 18.9 Å². The van der Waals surface area contributed by atoms with Crippen molar-refractivity contribution >= 4 is 33.9 Å². The summed E-state index contributed by atoms with van der Waals surface area (Å²) < 4.78 is 4.37. The molecule has 1 heterocycles. The van der Waals surface area contributed by atoms with E-state index in [0.29, 0.717) is 0 Å². The molecule has 0 aliphatic carbocycles. The van der Waals surface area contributed by atoms with Crippen LogP contribution in [0.1, 0.15) is 33.5 Å². The Bertz CT molecular complexity index is 645. The minimum absolute atomic E-state index is 0.00177. The molecule has 1 N–H and O–H groups in total. The van der Waals surface area contributed by atoms with Gasteiger partial charge < -0.3 is 10.2 Å². The Morgan fingerprint density at radius 1 is 1.33 bits per heavy atom. The summed E-state index contributed by atoms with van der Waals surface area (Å²) in [5.41, 5.74) is 1.66. The molecule has 21 heavy (non-hydrogen) atoms. The van der Waals surface area contributed by atoms with Gasteiger partial charge in [-0.05, 0) is 18.2 Å². The van der Waals surface area contributed by atoms with Crippen LogP contribution in [0.15, 0.2) is 24.3 Å². The van der Waals surface area contributed by atoms with E-state index in [1.807, 2.05) is 24.3 Å². The second-order valence-electron chi connectivity index (χ2n) is 5.93. The molecule has 2 rings (SSSR count). The predicted molar refractivity (Wildman–Crippen MR) is 87.4 cm³/mol. The normalized spacial score (nSPS) is 11.3. The van der Waals surface area contributed by atoms with Gasteiger partial charge in [-0.3, -0.25) is 4.79 Å². The molecule has 0 spiro atoms. The van der Waals surface area contributed by atoms with Crippen molar-refractivity contribution in [2.24, 2.45) is 0 Å². The Balaban J connectivity index is 2.18. The van der Waals surface area contributed by atoms with Gasteiger partial charge in [-0.25, -0.2) is 4.98 Å². The van der Waals surface area contributed by atoms with Gasteiger partial charge in [-0.15, -0.1) is 0 Å². The van der Waals surface area contributed by atoms with E-state index in [9.17, 15) is 4.79 Å². The van der Waals surface area contributed by atoms with Crippen LogP contribution in [-0.4, -0.2) is 22.3 Å². The zero-order valence-electron chi connectivity index (χ0n) is 13.0. The lowest BCUT2D eigenvalue weighted by molar-refractivity contribution is -0.116. The van der Waals surface area contributed by atoms with Crippen LogP contribution < -0.4 is 10.2 Å². The van der Waals surface area contributed by atoms with Crippen molar-refractivity contribution in [2.75, 3.05) is 17.3 Å². The maximum absolute atomic E-state index is 11.4. The number of carbonyl (C=O) groups excluding carboxylic acids is 1. The fourth-order valence-electron chi connectivity index (χ4n) is 1.68. The second kappa shape index (κ2) is 5.81. The third-order valence-electron chi connectivity index (χ3n) is 3.05. The van der Waals surface area contributed by atoms with Crippen LogP contribution in [0.25, 0.3) is 0 Å². The largest absolute Gasteiger partial charge is 0.330 e. The summed E-state index contributed by atoms with van der Waals surface area (Å²) in [5.74, 6) is 0.824. The van der Waals surface area contributed by atoms with Crippen molar-refractivity contribution in [1.29, 1.82) is 0 Å². The lowest BCUT2D eigenvalue weighted by Gasteiger charge is -2.16. The van der Waals surface area contributed by atoms with Gasteiger partial charge in [0.1, 0.15) is 5.82 Å². The number of anilines is 3. The number of hydrogen-bond acceptors (Lipinski definition) is 5. The number of hydrogen-bond donors (Lipinski definition) is 1. The Morgan fingerprint density at radius 2 is 2.05 bits per heavy atom. The van der Waals surface area contributed by atoms with Crippen LogP contribution in [0.4, 0.5) is 16.5 Å². The molecule has 0 unspecified atom stereocenters. The summed E-state index contributed by atoms with van der Waals surface area (Å²) >= 11 is 1.34. The van der Waals surface area contributed by atoms with Crippen LogP contribution >= 0.6 is 11.5 Å². The number of rotatable bonds is 3.